The lowest BCUT2D eigenvalue weighted by Crippen LogP contribution is -3.64. The summed E-state index contributed by atoms with van der Waals surface area (Å²) in [4.78, 5) is 0. The molecule has 1 aliphatic carbocycles. The van der Waals surface area contributed by atoms with Gasteiger partial charge in [-0.05, 0) is 30.1 Å². The first-order valence-corrected chi connectivity index (χ1v) is 8.38. The molecule has 88 valence electrons. The van der Waals surface area contributed by atoms with Crippen LogP contribution >= 0.6 is 0 Å². The lowest BCUT2D eigenvalue weighted by Gasteiger charge is -2.43. The van der Waals surface area contributed by atoms with Crippen molar-refractivity contribution in [2.45, 2.75) is 64.2 Å². The van der Waals surface area contributed by atoms with E-state index >= 15 is 0 Å². The Kier molecular flexibility index (Phi) is 4.30. The zero-order valence-corrected chi connectivity index (χ0v) is 13.1. The van der Waals surface area contributed by atoms with E-state index in [0.29, 0.717) is 10.8 Å². The first-order valence-electron chi connectivity index (χ1n) is 6.05. The van der Waals surface area contributed by atoms with Crippen molar-refractivity contribution in [2.24, 2.45) is 10.8 Å². The number of hydrogen-bond donors (Lipinski definition) is 0. The SMILES string of the molecule is C=C(C)[I+]C1CC(C)(C)CC(C)(CC)C1. The Hall–Kier alpha value is 0.470. The Balaban J connectivity index is 2.72. The van der Waals surface area contributed by atoms with Gasteiger partial charge in [0.25, 0.3) is 0 Å². The molecular formula is C14H26I+. The summed E-state index contributed by atoms with van der Waals surface area (Å²) in [5.74, 6) is 0. The van der Waals surface area contributed by atoms with Gasteiger partial charge in [-0.15, -0.1) is 0 Å². The molecule has 0 bridgehead atoms. The highest BCUT2D eigenvalue weighted by Gasteiger charge is 2.45. The third-order valence-electron chi connectivity index (χ3n) is 3.59. The van der Waals surface area contributed by atoms with E-state index in [-0.39, 0.29) is 21.2 Å². The van der Waals surface area contributed by atoms with Crippen LogP contribution in [0.4, 0.5) is 0 Å². The maximum absolute atomic E-state index is 4.12. The average Bonchev–Trinajstić information content (AvgIpc) is 1.98. The minimum absolute atomic E-state index is 0.224. The topological polar surface area (TPSA) is 0 Å². The van der Waals surface area contributed by atoms with Crippen molar-refractivity contribution >= 4 is 0 Å². The molecule has 0 N–H and O–H groups in total. The lowest BCUT2D eigenvalue weighted by atomic mass is 9.63. The van der Waals surface area contributed by atoms with Gasteiger partial charge in [0.15, 0.2) is 7.50 Å². The normalized spacial score (nSPS) is 35.1. The molecule has 15 heavy (non-hydrogen) atoms. The Morgan fingerprint density at radius 2 is 1.93 bits per heavy atom. The molecule has 0 aromatic heterocycles. The van der Waals surface area contributed by atoms with Crippen LogP contribution in [0.3, 0.4) is 0 Å². The van der Waals surface area contributed by atoms with Gasteiger partial charge in [-0.1, -0.05) is 40.7 Å². The molecule has 0 aromatic carbocycles. The summed E-state index contributed by atoms with van der Waals surface area (Å²) in [6, 6.07) is 0. The molecule has 2 atom stereocenters. The average molecular weight is 321 g/mol. The van der Waals surface area contributed by atoms with Crippen molar-refractivity contribution in [2.75, 3.05) is 0 Å². The fourth-order valence-corrected chi connectivity index (χ4v) is 7.32. The van der Waals surface area contributed by atoms with Gasteiger partial charge in [0.2, 0.25) is 0 Å². The van der Waals surface area contributed by atoms with E-state index in [1.54, 1.807) is 0 Å². The summed E-state index contributed by atoms with van der Waals surface area (Å²) < 4.78 is 2.45. The maximum atomic E-state index is 4.12. The minimum Gasteiger partial charge on any atom is -0.0649 e. The molecule has 0 amide bonds. The molecule has 0 spiro atoms. The van der Waals surface area contributed by atoms with Gasteiger partial charge < -0.3 is 0 Å². The van der Waals surface area contributed by atoms with Gasteiger partial charge in [-0.2, -0.15) is 0 Å². The first-order chi connectivity index (χ1) is 6.76. The highest BCUT2D eigenvalue weighted by atomic mass is 127. The van der Waals surface area contributed by atoms with Crippen LogP contribution < -0.4 is 21.2 Å². The summed E-state index contributed by atoms with van der Waals surface area (Å²) in [6.07, 6.45) is 5.63. The zero-order chi connectivity index (χ0) is 11.7. The Morgan fingerprint density at radius 1 is 1.33 bits per heavy atom. The van der Waals surface area contributed by atoms with Gasteiger partial charge in [0.05, 0.1) is 0 Å². The zero-order valence-electron chi connectivity index (χ0n) is 11.0. The summed E-state index contributed by atoms with van der Waals surface area (Å²) in [6.45, 7) is 16.1. The van der Waals surface area contributed by atoms with Crippen molar-refractivity contribution in [1.29, 1.82) is 0 Å². The largest absolute Gasteiger partial charge is 0.310 e. The summed E-state index contributed by atoms with van der Waals surface area (Å²) >= 11 is 0.224. The van der Waals surface area contributed by atoms with E-state index in [1.165, 1.54) is 29.3 Å². The molecule has 0 radical (unpaired) electrons. The van der Waals surface area contributed by atoms with Crippen LogP contribution in [0.15, 0.2) is 10.2 Å². The molecule has 1 rings (SSSR count). The molecule has 0 heterocycles. The van der Waals surface area contributed by atoms with Crippen LogP contribution in [0, 0.1) is 10.8 Å². The van der Waals surface area contributed by atoms with E-state index in [9.17, 15) is 0 Å². The predicted molar refractivity (Wildman–Crippen MR) is 64.6 cm³/mol. The van der Waals surface area contributed by atoms with Crippen LogP contribution in [0.5, 0.6) is 0 Å². The Bertz CT molecular complexity index is 242. The standard InChI is InChI=1S/C14H26I/c1-7-14(6)9-12(15-11(2)3)8-13(4,5)10-14/h12H,2,7-10H2,1,3-6H3/q+1. The summed E-state index contributed by atoms with van der Waals surface area (Å²) in [7, 11) is 0. The van der Waals surface area contributed by atoms with E-state index in [2.05, 4.69) is 41.2 Å². The third kappa shape index (κ3) is 4.08. The van der Waals surface area contributed by atoms with Crippen LogP contribution in [0.1, 0.15) is 60.3 Å². The maximum Gasteiger partial charge on any atom is 0.310 e. The molecule has 0 aromatic rings. The molecule has 1 fully saturated rings. The Labute approximate surface area is 106 Å². The van der Waals surface area contributed by atoms with Gasteiger partial charge in [-0.3, -0.25) is 0 Å². The second-order valence-electron chi connectivity index (χ2n) is 6.30. The number of halogens is 1. The van der Waals surface area contributed by atoms with E-state index in [4.69, 9.17) is 0 Å². The van der Waals surface area contributed by atoms with Crippen molar-refractivity contribution in [3.8, 4) is 0 Å². The van der Waals surface area contributed by atoms with Crippen LogP contribution in [-0.4, -0.2) is 3.92 Å². The van der Waals surface area contributed by atoms with E-state index in [1.807, 2.05) is 0 Å². The molecular weight excluding hydrogens is 295 g/mol. The van der Waals surface area contributed by atoms with Crippen molar-refractivity contribution in [3.63, 3.8) is 0 Å². The second kappa shape index (κ2) is 4.77. The molecule has 2 unspecified atom stereocenters. The highest BCUT2D eigenvalue weighted by molar-refractivity contribution is 4.91. The summed E-state index contributed by atoms with van der Waals surface area (Å²) in [5.41, 5.74) is 1.16. The second-order valence-corrected chi connectivity index (χ2v) is 10.5. The fraction of sp³-hybridized carbons (Fsp3) is 0.857. The predicted octanol–water partition coefficient (Wildman–Crippen LogP) is 1.60. The molecule has 0 nitrogen and oxygen atoms in total. The van der Waals surface area contributed by atoms with Crippen molar-refractivity contribution in [1.82, 2.24) is 0 Å². The highest BCUT2D eigenvalue weighted by Crippen LogP contribution is 2.46. The first kappa shape index (κ1) is 13.5. The molecule has 1 heteroatoms. The quantitative estimate of drug-likeness (QED) is 0.547. The number of hydrogen-bond acceptors (Lipinski definition) is 0. The smallest absolute Gasteiger partial charge is 0.0649 e. The molecule has 1 aliphatic rings. The molecule has 0 saturated heterocycles. The fourth-order valence-electron chi connectivity index (χ4n) is 3.12. The van der Waals surface area contributed by atoms with Gasteiger partial charge >= 0.3 is 21.2 Å². The van der Waals surface area contributed by atoms with Crippen molar-refractivity contribution in [3.05, 3.63) is 10.2 Å². The monoisotopic (exact) mass is 321 g/mol. The third-order valence-corrected chi connectivity index (χ3v) is 6.41. The molecule has 0 aliphatic heterocycles. The van der Waals surface area contributed by atoms with Gasteiger partial charge in [-0.25, -0.2) is 0 Å². The van der Waals surface area contributed by atoms with Crippen LogP contribution in [0.25, 0.3) is 0 Å². The summed E-state index contributed by atoms with van der Waals surface area (Å²) in [5, 5.41) is 0. The lowest BCUT2D eigenvalue weighted by molar-refractivity contribution is -0.650. The van der Waals surface area contributed by atoms with E-state index in [0.717, 1.165) is 3.92 Å². The van der Waals surface area contributed by atoms with Crippen LogP contribution in [-0.2, 0) is 0 Å². The number of rotatable bonds is 3. The van der Waals surface area contributed by atoms with E-state index < -0.39 is 0 Å². The van der Waals surface area contributed by atoms with Gasteiger partial charge in [0.1, 0.15) is 0 Å². The number of allylic oxidation sites excluding steroid dienone is 1. The van der Waals surface area contributed by atoms with Crippen LogP contribution in [0.2, 0.25) is 0 Å². The number of alkyl halides is 1. The molecule has 1 saturated carbocycles. The van der Waals surface area contributed by atoms with Gasteiger partial charge in [0, 0.05) is 6.92 Å². The Morgan fingerprint density at radius 3 is 2.40 bits per heavy atom. The van der Waals surface area contributed by atoms with Crippen molar-refractivity contribution < 1.29 is 21.2 Å². The minimum atomic E-state index is 0.224.